The number of nitrogens with two attached hydrogens (primary N) is 1. The summed E-state index contributed by atoms with van der Waals surface area (Å²) in [7, 11) is 0. The zero-order valence-corrected chi connectivity index (χ0v) is 17.9. The summed E-state index contributed by atoms with van der Waals surface area (Å²) in [5.41, 5.74) is 12.1. The fraction of sp³-hybridized carbons (Fsp3) is 0.455. The van der Waals surface area contributed by atoms with Gasteiger partial charge in [0.15, 0.2) is 5.82 Å². The van der Waals surface area contributed by atoms with Crippen LogP contribution in [0.2, 0.25) is 0 Å². The molecular weight excluding hydrogens is 396 g/mol. The van der Waals surface area contributed by atoms with Crippen LogP contribution in [0.1, 0.15) is 19.2 Å². The number of rotatable bonds is 8. The van der Waals surface area contributed by atoms with Gasteiger partial charge in [-0.15, -0.1) is 0 Å². The van der Waals surface area contributed by atoms with E-state index in [1.54, 1.807) is 4.90 Å². The van der Waals surface area contributed by atoms with E-state index in [1.165, 1.54) is 0 Å². The number of carbonyl (C=O) groups is 1. The number of amides is 2. The molecule has 0 bridgehead atoms. The molecule has 2 aromatic carbocycles. The summed E-state index contributed by atoms with van der Waals surface area (Å²) in [5, 5.41) is 5.12. The molecule has 0 aliphatic carbocycles. The number of fused-ring (bicyclic) bond motifs is 3. The molecule has 1 aliphatic heterocycles. The largest absolute Gasteiger partial charge is 0.397 e. The number of nitrogens with one attached hydrogen (secondary N) is 2. The first-order chi connectivity index (χ1) is 15.2. The van der Waals surface area contributed by atoms with Gasteiger partial charge in [0, 0.05) is 38.2 Å². The third-order valence-electron chi connectivity index (χ3n) is 5.38. The van der Waals surface area contributed by atoms with Gasteiger partial charge in [-0.25, -0.2) is 14.5 Å². The van der Waals surface area contributed by atoms with Gasteiger partial charge in [-0.3, -0.25) is 0 Å². The Hall–Kier alpha value is -3.04. The van der Waals surface area contributed by atoms with Crippen LogP contribution < -0.4 is 16.5 Å². The average molecular weight is 427 g/mol. The number of morpholine rings is 1. The molecule has 9 heteroatoms. The van der Waals surface area contributed by atoms with Crippen molar-refractivity contribution in [2.75, 3.05) is 57.2 Å². The summed E-state index contributed by atoms with van der Waals surface area (Å²) >= 11 is 0. The summed E-state index contributed by atoms with van der Waals surface area (Å²) < 4.78 is 12.9. The molecule has 166 valence electrons. The second kappa shape index (κ2) is 9.84. The van der Waals surface area contributed by atoms with Gasteiger partial charge in [0.2, 0.25) is 0 Å². The highest BCUT2D eigenvalue weighted by atomic mass is 16.5. The minimum Gasteiger partial charge on any atom is -0.397 e. The van der Waals surface area contributed by atoms with Gasteiger partial charge >= 0.3 is 6.03 Å². The fourth-order valence-corrected chi connectivity index (χ4v) is 3.80. The van der Waals surface area contributed by atoms with E-state index in [1.807, 2.05) is 35.9 Å². The average Bonchev–Trinajstić information content (AvgIpc) is 3.17. The van der Waals surface area contributed by atoms with Crippen LogP contribution in [0.25, 0.3) is 21.8 Å². The maximum absolute atomic E-state index is 12.2. The highest BCUT2D eigenvalue weighted by Crippen LogP contribution is 2.30. The van der Waals surface area contributed by atoms with E-state index in [2.05, 4.69) is 16.8 Å². The van der Waals surface area contributed by atoms with Crippen LogP contribution in [0.5, 0.6) is 0 Å². The van der Waals surface area contributed by atoms with Crippen molar-refractivity contribution in [3.63, 3.8) is 0 Å². The Balaban J connectivity index is 1.47. The van der Waals surface area contributed by atoms with E-state index < -0.39 is 0 Å². The van der Waals surface area contributed by atoms with Crippen LogP contribution in [-0.4, -0.2) is 66.6 Å². The molecule has 0 unspecified atom stereocenters. The molecule has 1 fully saturated rings. The monoisotopic (exact) mass is 426 g/mol. The molecule has 31 heavy (non-hydrogen) atoms. The molecule has 1 aromatic heterocycles. The molecule has 0 spiro atoms. The summed E-state index contributed by atoms with van der Waals surface area (Å²) in [5.74, 6) is 0.775. The van der Waals surface area contributed by atoms with Crippen LogP contribution in [0.4, 0.5) is 10.5 Å². The third kappa shape index (κ3) is 4.67. The van der Waals surface area contributed by atoms with Crippen LogP contribution in [0.15, 0.2) is 30.3 Å². The van der Waals surface area contributed by atoms with Crippen LogP contribution >= 0.6 is 0 Å². The first-order valence-corrected chi connectivity index (χ1v) is 10.8. The quantitative estimate of drug-likeness (QED) is 0.377. The van der Waals surface area contributed by atoms with Crippen molar-refractivity contribution in [1.82, 2.24) is 19.9 Å². The Morgan fingerprint density at radius 3 is 2.87 bits per heavy atom. The number of nitrogen functional groups attached to an aromatic ring is 1. The van der Waals surface area contributed by atoms with Crippen molar-refractivity contribution in [2.24, 2.45) is 0 Å². The Morgan fingerprint density at radius 1 is 1.26 bits per heavy atom. The Kier molecular flexibility index (Phi) is 6.73. The maximum atomic E-state index is 12.2. The number of aromatic nitrogens is 2. The lowest BCUT2D eigenvalue weighted by Gasteiger charge is -2.26. The Morgan fingerprint density at radius 2 is 2.06 bits per heavy atom. The van der Waals surface area contributed by atoms with E-state index in [0.717, 1.165) is 34.1 Å². The standard InChI is InChI=1S/C22H30N6O3/c1-2-30-15-19-26-20-18(23)14-16-6-3-4-7-17(16)21(20)28(19)25-9-5-8-24-22(29)27-10-12-31-13-11-27/h3-4,6-7,14,25H,2,5,8-13,15,23H2,1H3,(H,24,29). The molecule has 2 amide bonds. The van der Waals surface area contributed by atoms with Gasteiger partial charge < -0.3 is 30.8 Å². The number of urea groups is 1. The summed E-state index contributed by atoms with van der Waals surface area (Å²) in [4.78, 5) is 18.8. The summed E-state index contributed by atoms with van der Waals surface area (Å²) in [6.45, 7) is 6.68. The molecule has 4 N–H and O–H groups in total. The normalized spacial score (nSPS) is 14.3. The molecule has 1 saturated heterocycles. The van der Waals surface area contributed by atoms with Gasteiger partial charge in [0.1, 0.15) is 12.1 Å². The molecular formula is C22H30N6O3. The lowest BCUT2D eigenvalue weighted by Crippen LogP contribution is -2.46. The van der Waals surface area contributed by atoms with E-state index in [4.69, 9.17) is 20.2 Å². The number of hydrogen-bond acceptors (Lipinski definition) is 6. The Bertz CT molecular complexity index is 1040. The number of ether oxygens (including phenoxy) is 2. The first-order valence-electron chi connectivity index (χ1n) is 10.8. The molecule has 1 aliphatic rings. The molecule has 9 nitrogen and oxygen atoms in total. The second-order valence-electron chi connectivity index (χ2n) is 7.48. The molecule has 4 rings (SSSR count). The van der Waals surface area contributed by atoms with Crippen LogP contribution in [0, 0.1) is 0 Å². The predicted octanol–water partition coefficient (Wildman–Crippen LogP) is 2.28. The predicted molar refractivity (Wildman–Crippen MR) is 122 cm³/mol. The summed E-state index contributed by atoms with van der Waals surface area (Å²) in [6, 6.07) is 10.1. The van der Waals surface area contributed by atoms with Crippen molar-refractivity contribution >= 4 is 33.5 Å². The van der Waals surface area contributed by atoms with Gasteiger partial charge in [-0.2, -0.15) is 0 Å². The number of anilines is 1. The number of carbonyl (C=O) groups excluding carboxylic acids is 1. The number of imidazole rings is 1. The lowest BCUT2D eigenvalue weighted by molar-refractivity contribution is 0.0532. The van der Waals surface area contributed by atoms with Gasteiger partial charge in [0.05, 0.1) is 24.4 Å². The maximum Gasteiger partial charge on any atom is 0.317 e. The molecule has 0 atom stereocenters. The van der Waals surface area contributed by atoms with Crippen molar-refractivity contribution in [2.45, 2.75) is 20.0 Å². The Labute approximate surface area is 181 Å². The minimum absolute atomic E-state index is 0.0350. The van der Waals surface area contributed by atoms with Crippen molar-refractivity contribution in [3.8, 4) is 0 Å². The van der Waals surface area contributed by atoms with Crippen LogP contribution in [-0.2, 0) is 16.1 Å². The van der Waals surface area contributed by atoms with E-state index in [0.29, 0.717) is 58.3 Å². The molecule has 0 radical (unpaired) electrons. The fourth-order valence-electron chi connectivity index (χ4n) is 3.80. The van der Waals surface area contributed by atoms with E-state index in [-0.39, 0.29) is 6.03 Å². The number of benzene rings is 2. The molecule has 2 heterocycles. The SMILES string of the molecule is CCOCc1nc2c(N)cc3ccccc3c2n1NCCCNC(=O)N1CCOCC1. The smallest absolute Gasteiger partial charge is 0.317 e. The lowest BCUT2D eigenvalue weighted by atomic mass is 10.1. The van der Waals surface area contributed by atoms with Gasteiger partial charge in [-0.05, 0) is 24.8 Å². The number of hydrogen-bond donors (Lipinski definition) is 3. The third-order valence-corrected chi connectivity index (χ3v) is 5.38. The van der Waals surface area contributed by atoms with Crippen LogP contribution in [0.3, 0.4) is 0 Å². The first kappa shape index (κ1) is 21.2. The van der Waals surface area contributed by atoms with Gasteiger partial charge in [-0.1, -0.05) is 24.3 Å². The van der Waals surface area contributed by atoms with Crippen molar-refractivity contribution in [1.29, 1.82) is 0 Å². The van der Waals surface area contributed by atoms with E-state index >= 15 is 0 Å². The van der Waals surface area contributed by atoms with E-state index in [9.17, 15) is 4.79 Å². The zero-order valence-electron chi connectivity index (χ0n) is 17.9. The highest BCUT2D eigenvalue weighted by Gasteiger charge is 2.17. The minimum atomic E-state index is -0.0350. The molecule has 3 aromatic rings. The van der Waals surface area contributed by atoms with Gasteiger partial charge in [0.25, 0.3) is 0 Å². The van der Waals surface area contributed by atoms with Crippen molar-refractivity contribution in [3.05, 3.63) is 36.2 Å². The van der Waals surface area contributed by atoms with Crippen molar-refractivity contribution < 1.29 is 14.3 Å². The number of nitrogens with zero attached hydrogens (tertiary/aromatic N) is 3. The highest BCUT2D eigenvalue weighted by molar-refractivity contribution is 6.09. The molecule has 0 saturated carbocycles. The summed E-state index contributed by atoms with van der Waals surface area (Å²) in [6.07, 6.45) is 0.768. The topological polar surface area (TPSA) is 107 Å². The second-order valence-corrected chi connectivity index (χ2v) is 7.48. The zero-order chi connectivity index (χ0) is 21.6.